The number of methoxy groups -OCH3 is 3. The van der Waals surface area contributed by atoms with Crippen molar-refractivity contribution in [2.45, 2.75) is 32.0 Å². The molecule has 140 valence electrons. The highest BCUT2D eigenvalue weighted by atomic mass is 16.5. The summed E-state index contributed by atoms with van der Waals surface area (Å²) in [5.41, 5.74) is 8.33. The van der Waals surface area contributed by atoms with Crippen molar-refractivity contribution in [3.8, 4) is 17.2 Å². The summed E-state index contributed by atoms with van der Waals surface area (Å²) in [6, 6.07) is 13.2. The van der Waals surface area contributed by atoms with E-state index >= 15 is 0 Å². The normalized spacial score (nSPS) is 20.2. The summed E-state index contributed by atoms with van der Waals surface area (Å²) in [7, 11) is 5.09. The molecule has 3 atom stereocenters. The molecular weight excluding hydrogens is 328 g/mol. The molecule has 26 heavy (non-hydrogen) atoms. The smallest absolute Gasteiger partial charge is 0.166 e. The molecule has 0 aliphatic carbocycles. The molecule has 3 rings (SSSR count). The monoisotopic (exact) mass is 358 g/mol. The Bertz CT molecular complexity index is 761. The molecule has 1 heterocycles. The quantitative estimate of drug-likeness (QED) is 0.811. The molecule has 1 unspecified atom stereocenters. The Balaban J connectivity index is 1.94. The average Bonchev–Trinajstić information content (AvgIpc) is 2.66. The van der Waals surface area contributed by atoms with Crippen LogP contribution in [-0.4, -0.2) is 33.9 Å². The van der Waals surface area contributed by atoms with Crippen LogP contribution >= 0.6 is 0 Å². The summed E-state index contributed by atoms with van der Waals surface area (Å²) in [4.78, 5) is 1.53. The van der Waals surface area contributed by atoms with Crippen molar-refractivity contribution >= 4 is 0 Å². The van der Waals surface area contributed by atoms with Gasteiger partial charge in [0, 0.05) is 17.5 Å². The van der Waals surface area contributed by atoms with Crippen LogP contribution in [-0.2, 0) is 13.0 Å². The first kappa shape index (κ1) is 18.5. The molecule has 0 fully saturated rings. The van der Waals surface area contributed by atoms with E-state index in [0.717, 1.165) is 36.8 Å². The van der Waals surface area contributed by atoms with Crippen LogP contribution < -0.4 is 24.8 Å². The van der Waals surface area contributed by atoms with Crippen molar-refractivity contribution in [3.05, 3.63) is 53.1 Å². The van der Waals surface area contributed by atoms with E-state index in [1.165, 1.54) is 21.6 Å². The lowest BCUT2D eigenvalue weighted by Gasteiger charge is -2.35. The molecule has 1 aliphatic heterocycles. The summed E-state index contributed by atoms with van der Waals surface area (Å²) in [5.74, 6) is 2.50. The Morgan fingerprint density at radius 1 is 1.08 bits per heavy atom. The van der Waals surface area contributed by atoms with Gasteiger partial charge in [0.1, 0.15) is 18.3 Å². The number of benzene rings is 2. The molecular formula is C21H30N2O3+2. The number of ether oxygens (including phenoxy) is 3. The molecule has 0 aromatic heterocycles. The van der Waals surface area contributed by atoms with E-state index in [1.54, 1.807) is 21.3 Å². The van der Waals surface area contributed by atoms with Gasteiger partial charge in [-0.2, -0.15) is 0 Å². The number of quaternary nitrogens is 2. The van der Waals surface area contributed by atoms with Crippen molar-refractivity contribution in [2.75, 3.05) is 27.9 Å². The van der Waals surface area contributed by atoms with Crippen molar-refractivity contribution in [1.82, 2.24) is 0 Å². The van der Waals surface area contributed by atoms with Crippen LogP contribution in [0.4, 0.5) is 0 Å². The highest BCUT2D eigenvalue weighted by molar-refractivity contribution is 5.49. The van der Waals surface area contributed by atoms with Crippen LogP contribution in [0.15, 0.2) is 36.4 Å². The van der Waals surface area contributed by atoms with Gasteiger partial charge < -0.3 is 24.8 Å². The van der Waals surface area contributed by atoms with Crippen LogP contribution in [0.2, 0.25) is 0 Å². The van der Waals surface area contributed by atoms with Crippen molar-refractivity contribution in [1.29, 1.82) is 0 Å². The summed E-state index contributed by atoms with van der Waals surface area (Å²) in [6.07, 6.45) is 1.03. The van der Waals surface area contributed by atoms with Gasteiger partial charge in [0.05, 0.1) is 27.9 Å². The topological polar surface area (TPSA) is 59.8 Å². The maximum absolute atomic E-state index is 5.54. The zero-order valence-electron chi connectivity index (χ0n) is 16.2. The van der Waals surface area contributed by atoms with Gasteiger partial charge in [-0.05, 0) is 36.8 Å². The maximum Gasteiger partial charge on any atom is 0.166 e. The predicted molar refractivity (Wildman–Crippen MR) is 101 cm³/mol. The van der Waals surface area contributed by atoms with Crippen LogP contribution in [0, 0.1) is 0 Å². The highest BCUT2D eigenvalue weighted by Gasteiger charge is 2.36. The fourth-order valence-corrected chi connectivity index (χ4v) is 4.07. The number of nitrogens with one attached hydrogen (secondary N) is 1. The van der Waals surface area contributed by atoms with Gasteiger partial charge in [-0.3, -0.25) is 0 Å². The second-order valence-corrected chi connectivity index (χ2v) is 7.05. The molecule has 0 amide bonds. The third-order valence-electron chi connectivity index (χ3n) is 5.27. The first-order valence-corrected chi connectivity index (χ1v) is 9.12. The highest BCUT2D eigenvalue weighted by Crippen LogP contribution is 2.34. The van der Waals surface area contributed by atoms with E-state index in [4.69, 9.17) is 14.2 Å². The number of fused-ring (bicyclic) bond motifs is 1. The van der Waals surface area contributed by atoms with Gasteiger partial charge in [-0.1, -0.05) is 12.1 Å². The van der Waals surface area contributed by atoms with Gasteiger partial charge in [0.15, 0.2) is 17.5 Å². The van der Waals surface area contributed by atoms with Gasteiger partial charge in [-0.15, -0.1) is 0 Å². The molecule has 1 aliphatic rings. The third kappa shape index (κ3) is 3.64. The van der Waals surface area contributed by atoms with E-state index in [9.17, 15) is 0 Å². The van der Waals surface area contributed by atoms with E-state index in [-0.39, 0.29) is 6.04 Å². The summed E-state index contributed by atoms with van der Waals surface area (Å²) < 4.78 is 16.4. The Morgan fingerprint density at radius 3 is 2.46 bits per heavy atom. The SMILES string of the molecule is COc1cccc(C[NH+]2CCc3cc(OC)c(OC)cc3[C@H]2[C@H](C)[NH3+])c1. The zero-order valence-corrected chi connectivity index (χ0v) is 16.2. The molecule has 4 N–H and O–H groups in total. The van der Waals surface area contributed by atoms with Crippen LogP contribution in [0.25, 0.3) is 0 Å². The van der Waals surface area contributed by atoms with Gasteiger partial charge in [0.25, 0.3) is 0 Å². The van der Waals surface area contributed by atoms with E-state index < -0.39 is 0 Å². The lowest BCUT2D eigenvalue weighted by Crippen LogP contribution is -3.14. The number of hydrogen-bond donors (Lipinski definition) is 2. The molecule has 5 nitrogen and oxygen atoms in total. The fourth-order valence-electron chi connectivity index (χ4n) is 4.07. The second-order valence-electron chi connectivity index (χ2n) is 7.05. The Kier molecular flexibility index (Phi) is 5.69. The van der Waals surface area contributed by atoms with Crippen LogP contribution in [0.3, 0.4) is 0 Å². The maximum atomic E-state index is 5.54. The fraction of sp³-hybridized carbons (Fsp3) is 0.429. The van der Waals surface area contributed by atoms with E-state index in [1.807, 2.05) is 6.07 Å². The number of rotatable bonds is 6. The van der Waals surface area contributed by atoms with Crippen molar-refractivity contribution in [3.63, 3.8) is 0 Å². The average molecular weight is 358 g/mol. The minimum absolute atomic E-state index is 0.285. The molecule has 2 aromatic carbocycles. The number of hydrogen-bond acceptors (Lipinski definition) is 3. The zero-order chi connectivity index (χ0) is 18.7. The molecule has 2 aromatic rings. The van der Waals surface area contributed by atoms with Gasteiger partial charge >= 0.3 is 0 Å². The molecule has 0 saturated carbocycles. The standard InChI is InChI=1S/C21H28N2O3/c1-14(22)21-18-12-20(26-4)19(25-3)11-16(18)8-9-23(21)13-15-6-5-7-17(10-15)24-2/h5-7,10-12,14,21H,8-9,13,22H2,1-4H3/p+2/t14-,21+/m0/s1. The summed E-state index contributed by atoms with van der Waals surface area (Å²) in [6.45, 7) is 4.22. The van der Waals surface area contributed by atoms with Crippen molar-refractivity contribution in [2.24, 2.45) is 0 Å². The van der Waals surface area contributed by atoms with Gasteiger partial charge in [0.2, 0.25) is 0 Å². The van der Waals surface area contributed by atoms with Crippen molar-refractivity contribution < 1.29 is 24.8 Å². The van der Waals surface area contributed by atoms with E-state index in [2.05, 4.69) is 43.0 Å². The largest absolute Gasteiger partial charge is 0.497 e. The molecule has 0 bridgehead atoms. The molecule has 0 radical (unpaired) electrons. The lowest BCUT2D eigenvalue weighted by molar-refractivity contribution is -0.957. The first-order valence-electron chi connectivity index (χ1n) is 9.12. The Labute approximate surface area is 155 Å². The second kappa shape index (κ2) is 7.98. The summed E-state index contributed by atoms with van der Waals surface area (Å²) >= 11 is 0. The lowest BCUT2D eigenvalue weighted by atomic mass is 9.88. The first-order chi connectivity index (χ1) is 12.6. The van der Waals surface area contributed by atoms with Crippen LogP contribution in [0.5, 0.6) is 17.2 Å². The minimum Gasteiger partial charge on any atom is -0.497 e. The molecule has 0 spiro atoms. The van der Waals surface area contributed by atoms with Gasteiger partial charge in [-0.25, -0.2) is 0 Å². The molecule has 5 heteroatoms. The molecule has 0 saturated heterocycles. The Morgan fingerprint density at radius 2 is 1.81 bits per heavy atom. The third-order valence-corrected chi connectivity index (χ3v) is 5.27. The Hall–Kier alpha value is -2.24. The summed E-state index contributed by atoms with van der Waals surface area (Å²) in [5, 5.41) is 0. The van der Waals surface area contributed by atoms with E-state index in [0.29, 0.717) is 6.04 Å². The minimum atomic E-state index is 0.285. The predicted octanol–water partition coefficient (Wildman–Crippen LogP) is 1.03. The van der Waals surface area contributed by atoms with Crippen LogP contribution in [0.1, 0.15) is 29.7 Å².